The molecule has 17 heavy (non-hydrogen) atoms. The van der Waals surface area contributed by atoms with Gasteiger partial charge in [-0.1, -0.05) is 0 Å². The predicted molar refractivity (Wildman–Crippen MR) is 52.2 cm³/mol. The van der Waals surface area contributed by atoms with E-state index in [0.29, 0.717) is 6.26 Å². The third-order valence-corrected chi connectivity index (χ3v) is 1.72. The molecule has 0 aromatic heterocycles. The molecule has 0 spiro atoms. The summed E-state index contributed by atoms with van der Waals surface area (Å²) < 4.78 is 4.41. The first-order valence-electron chi connectivity index (χ1n) is 4.44. The van der Waals surface area contributed by atoms with Crippen LogP contribution in [0.5, 0.6) is 0 Å². The van der Waals surface area contributed by atoms with Crippen molar-refractivity contribution >= 4 is 17.9 Å². The van der Waals surface area contributed by atoms with Crippen LogP contribution < -0.4 is 0 Å². The molecule has 1 atom stereocenters. The quantitative estimate of drug-likeness (QED) is 0.341. The molecule has 1 unspecified atom stereocenters. The molecule has 0 amide bonds. The van der Waals surface area contributed by atoms with Crippen LogP contribution >= 0.6 is 0 Å². The van der Waals surface area contributed by atoms with Gasteiger partial charge in [0.05, 0.1) is 19.1 Å². The lowest BCUT2D eigenvalue weighted by atomic mass is 9.96. The van der Waals surface area contributed by atoms with Gasteiger partial charge in [-0.3, -0.25) is 9.59 Å². The molecule has 0 fully saturated rings. The standard InChI is InChI=1S/C9H12O8/c10-2-1-3-17-7(13)5-9(16,8(14)15)4-6(11)12/h1-2,10,16H,3-5H2,(H,11,12)(H,14,15). The Balaban J connectivity index is 4.49. The summed E-state index contributed by atoms with van der Waals surface area (Å²) in [6.07, 6.45) is -0.427. The Morgan fingerprint density at radius 3 is 2.18 bits per heavy atom. The van der Waals surface area contributed by atoms with E-state index in [1.54, 1.807) is 0 Å². The highest BCUT2D eigenvalue weighted by molar-refractivity contribution is 5.88. The third kappa shape index (κ3) is 5.52. The fraction of sp³-hybridized carbons (Fsp3) is 0.444. The van der Waals surface area contributed by atoms with Gasteiger partial charge in [0.1, 0.15) is 6.61 Å². The molecule has 0 aromatic rings. The minimum Gasteiger partial charge on any atom is -0.516 e. The molecule has 0 radical (unpaired) electrons. The molecule has 8 heteroatoms. The van der Waals surface area contributed by atoms with Crippen molar-refractivity contribution in [3.63, 3.8) is 0 Å². The van der Waals surface area contributed by atoms with Crippen LogP contribution in [0.25, 0.3) is 0 Å². The van der Waals surface area contributed by atoms with Gasteiger partial charge in [0.2, 0.25) is 0 Å². The molecule has 0 aliphatic rings. The molecule has 0 rings (SSSR count). The summed E-state index contributed by atoms with van der Waals surface area (Å²) in [5, 5.41) is 34.7. The van der Waals surface area contributed by atoms with E-state index in [1.807, 2.05) is 0 Å². The molecule has 96 valence electrons. The van der Waals surface area contributed by atoms with Gasteiger partial charge < -0.3 is 25.2 Å². The number of aliphatic hydroxyl groups excluding tert-OH is 1. The van der Waals surface area contributed by atoms with Gasteiger partial charge in [0.25, 0.3) is 0 Å². The smallest absolute Gasteiger partial charge is 0.336 e. The van der Waals surface area contributed by atoms with Crippen molar-refractivity contribution in [3.05, 3.63) is 12.3 Å². The maximum absolute atomic E-state index is 11.1. The van der Waals surface area contributed by atoms with E-state index < -0.39 is 36.4 Å². The van der Waals surface area contributed by atoms with Crippen LogP contribution in [0.15, 0.2) is 12.3 Å². The number of aliphatic hydroxyl groups is 2. The fourth-order valence-electron chi connectivity index (χ4n) is 0.938. The van der Waals surface area contributed by atoms with Crippen LogP contribution in [0.2, 0.25) is 0 Å². The van der Waals surface area contributed by atoms with Crippen LogP contribution in [0.3, 0.4) is 0 Å². The van der Waals surface area contributed by atoms with E-state index >= 15 is 0 Å². The molecule has 0 aliphatic heterocycles. The van der Waals surface area contributed by atoms with Gasteiger partial charge in [-0.15, -0.1) is 0 Å². The predicted octanol–water partition coefficient (Wildman–Crippen LogP) is -0.718. The number of esters is 1. The summed E-state index contributed by atoms with van der Waals surface area (Å²) in [6.45, 7) is -0.307. The maximum Gasteiger partial charge on any atom is 0.336 e. The first kappa shape index (κ1) is 14.9. The van der Waals surface area contributed by atoms with Gasteiger partial charge in [-0.05, 0) is 6.08 Å². The third-order valence-electron chi connectivity index (χ3n) is 1.72. The second kappa shape index (κ2) is 6.48. The number of rotatable bonds is 7. The van der Waals surface area contributed by atoms with Crippen molar-refractivity contribution in [2.75, 3.05) is 6.61 Å². The molecule has 0 aromatic carbocycles. The van der Waals surface area contributed by atoms with Crippen LogP contribution in [0, 0.1) is 0 Å². The van der Waals surface area contributed by atoms with Crippen LogP contribution in [0.1, 0.15) is 12.8 Å². The van der Waals surface area contributed by atoms with E-state index in [-0.39, 0.29) is 6.61 Å². The minimum atomic E-state index is -2.70. The molecule has 8 nitrogen and oxygen atoms in total. The number of carbonyl (C=O) groups excluding carboxylic acids is 1. The highest BCUT2D eigenvalue weighted by Crippen LogP contribution is 2.16. The number of carbonyl (C=O) groups is 3. The minimum absolute atomic E-state index is 0.307. The molecule has 0 aliphatic carbocycles. The lowest BCUT2D eigenvalue weighted by Gasteiger charge is -2.19. The number of hydrogen-bond acceptors (Lipinski definition) is 6. The Kier molecular flexibility index (Phi) is 5.69. The molecular weight excluding hydrogens is 236 g/mol. The fourth-order valence-corrected chi connectivity index (χ4v) is 0.938. The largest absolute Gasteiger partial charge is 0.516 e. The maximum atomic E-state index is 11.1. The second-order valence-corrected chi connectivity index (χ2v) is 3.15. The molecule has 0 heterocycles. The average molecular weight is 248 g/mol. The van der Waals surface area contributed by atoms with Gasteiger partial charge >= 0.3 is 17.9 Å². The summed E-state index contributed by atoms with van der Waals surface area (Å²) in [6, 6.07) is 0. The highest BCUT2D eigenvalue weighted by atomic mass is 16.5. The first-order chi connectivity index (χ1) is 7.81. The topological polar surface area (TPSA) is 141 Å². The summed E-state index contributed by atoms with van der Waals surface area (Å²) in [4.78, 5) is 32.1. The number of hydrogen-bond donors (Lipinski definition) is 4. The zero-order chi connectivity index (χ0) is 13.5. The van der Waals surface area contributed by atoms with Gasteiger partial charge in [0.15, 0.2) is 5.60 Å². The Morgan fingerprint density at radius 1 is 1.18 bits per heavy atom. The molecule has 0 bridgehead atoms. The molecule has 4 N–H and O–H groups in total. The van der Waals surface area contributed by atoms with Crippen LogP contribution in [-0.4, -0.2) is 50.5 Å². The second-order valence-electron chi connectivity index (χ2n) is 3.15. The van der Waals surface area contributed by atoms with Crippen molar-refractivity contribution in [2.45, 2.75) is 18.4 Å². The number of ether oxygens (including phenoxy) is 1. The van der Waals surface area contributed by atoms with Crippen molar-refractivity contribution < 1.29 is 39.5 Å². The van der Waals surface area contributed by atoms with E-state index in [1.165, 1.54) is 0 Å². The van der Waals surface area contributed by atoms with Crippen LogP contribution in [-0.2, 0) is 19.1 Å². The number of carboxylic acid groups (broad SMARTS) is 2. The molecule has 0 saturated heterocycles. The van der Waals surface area contributed by atoms with E-state index in [4.69, 9.17) is 15.3 Å². The summed E-state index contributed by atoms with van der Waals surface area (Å²) >= 11 is 0. The summed E-state index contributed by atoms with van der Waals surface area (Å²) in [5.41, 5.74) is -2.70. The lowest BCUT2D eigenvalue weighted by molar-refractivity contribution is -0.171. The van der Waals surface area contributed by atoms with Gasteiger partial charge in [0, 0.05) is 0 Å². The average Bonchev–Trinajstić information content (AvgIpc) is 2.16. The number of carboxylic acids is 2. The first-order valence-corrected chi connectivity index (χ1v) is 4.44. The molecule has 0 saturated carbocycles. The Labute approximate surface area is 95.7 Å². The Morgan fingerprint density at radius 2 is 1.76 bits per heavy atom. The van der Waals surface area contributed by atoms with Gasteiger partial charge in [-0.2, -0.15) is 0 Å². The zero-order valence-electron chi connectivity index (χ0n) is 8.70. The molecular formula is C9H12O8. The Hall–Kier alpha value is -2.09. The summed E-state index contributed by atoms with van der Waals surface area (Å²) in [5.74, 6) is -4.47. The van der Waals surface area contributed by atoms with E-state index in [0.717, 1.165) is 6.08 Å². The van der Waals surface area contributed by atoms with Crippen molar-refractivity contribution in [1.82, 2.24) is 0 Å². The number of aliphatic carboxylic acids is 2. The monoisotopic (exact) mass is 248 g/mol. The normalized spacial score (nSPS) is 14.2. The Bertz CT molecular complexity index is 334. The van der Waals surface area contributed by atoms with Crippen molar-refractivity contribution in [2.24, 2.45) is 0 Å². The van der Waals surface area contributed by atoms with E-state index in [9.17, 15) is 19.5 Å². The SMILES string of the molecule is O=C(O)CC(O)(CC(=O)OCC=CO)C(=O)O. The van der Waals surface area contributed by atoms with Gasteiger partial charge in [-0.25, -0.2) is 4.79 Å². The van der Waals surface area contributed by atoms with Crippen molar-refractivity contribution in [1.29, 1.82) is 0 Å². The lowest BCUT2D eigenvalue weighted by Crippen LogP contribution is -2.43. The van der Waals surface area contributed by atoms with Crippen LogP contribution in [0.4, 0.5) is 0 Å². The van der Waals surface area contributed by atoms with Crippen molar-refractivity contribution in [3.8, 4) is 0 Å². The summed E-state index contributed by atoms with van der Waals surface area (Å²) in [7, 11) is 0. The van der Waals surface area contributed by atoms with E-state index in [2.05, 4.69) is 4.74 Å². The zero-order valence-corrected chi connectivity index (χ0v) is 8.70. The highest BCUT2D eigenvalue weighted by Gasteiger charge is 2.41.